The molecule has 1 aliphatic heterocycles. The van der Waals surface area contributed by atoms with Gasteiger partial charge in [0, 0.05) is 33.2 Å². The van der Waals surface area contributed by atoms with Crippen molar-refractivity contribution in [2.45, 2.75) is 46.1 Å². The number of nitrogens with two attached hydrogens (primary N) is 2. The normalized spacial score (nSPS) is 13.4. The molecule has 0 saturated heterocycles. The average Bonchev–Trinajstić information content (AvgIpc) is 3.41. The van der Waals surface area contributed by atoms with E-state index in [4.69, 9.17) is 11.5 Å². The van der Waals surface area contributed by atoms with Gasteiger partial charge in [0.25, 0.3) is 5.91 Å². The molecule has 0 saturated carbocycles. The molecule has 2 heterocycles. The monoisotopic (exact) mass is 516 g/mol. The van der Waals surface area contributed by atoms with Crippen LogP contribution in [0.4, 0.5) is 11.4 Å². The van der Waals surface area contributed by atoms with Crippen molar-refractivity contribution < 1.29 is 9.59 Å². The van der Waals surface area contributed by atoms with E-state index < -0.39 is 0 Å². The lowest BCUT2D eigenvalue weighted by Crippen LogP contribution is -2.24. The molecule has 6 nitrogen and oxygen atoms in total. The molecule has 0 fully saturated rings. The molecule has 0 atom stereocenters. The lowest BCUT2D eigenvalue weighted by atomic mass is 9.85. The van der Waals surface area contributed by atoms with E-state index in [1.807, 2.05) is 53.4 Å². The number of aromatic nitrogens is 1. The topological polar surface area (TPSA) is 105 Å². The Morgan fingerprint density at radius 1 is 0.974 bits per heavy atom. The zero-order valence-electron chi connectivity index (χ0n) is 22.7. The van der Waals surface area contributed by atoms with Gasteiger partial charge in [-0.2, -0.15) is 0 Å². The minimum atomic E-state index is -0.387. The van der Waals surface area contributed by atoms with Crippen LogP contribution in [-0.4, -0.2) is 16.8 Å². The number of carbonyl (C=O) groups is 2. The summed E-state index contributed by atoms with van der Waals surface area (Å²) in [5, 5.41) is 2.03. The van der Waals surface area contributed by atoms with E-state index in [0.29, 0.717) is 12.2 Å². The van der Waals surface area contributed by atoms with Crippen molar-refractivity contribution in [3.05, 3.63) is 94.5 Å². The first-order chi connectivity index (χ1) is 18.5. The summed E-state index contributed by atoms with van der Waals surface area (Å²) in [6.45, 7) is 9.17. The maximum absolute atomic E-state index is 13.5. The Morgan fingerprint density at radius 3 is 2.49 bits per heavy atom. The highest BCUT2D eigenvalue weighted by Gasteiger charge is 2.31. The molecule has 0 unspecified atom stereocenters. The molecule has 196 valence electrons. The van der Waals surface area contributed by atoms with E-state index >= 15 is 0 Å². The highest BCUT2D eigenvalue weighted by Crippen LogP contribution is 2.41. The number of benzene rings is 4. The van der Waals surface area contributed by atoms with Gasteiger partial charge in [0.15, 0.2) is 0 Å². The van der Waals surface area contributed by atoms with Crippen LogP contribution in [-0.2, 0) is 23.2 Å². The Morgan fingerprint density at radius 2 is 1.74 bits per heavy atom. The number of fused-ring (bicyclic) bond motifs is 4. The Balaban J connectivity index is 1.50. The summed E-state index contributed by atoms with van der Waals surface area (Å²) in [5.41, 5.74) is 21.9. The highest BCUT2D eigenvalue weighted by molar-refractivity contribution is 6.17. The lowest BCUT2D eigenvalue weighted by molar-refractivity contribution is -0.117. The average molecular weight is 517 g/mol. The third kappa shape index (κ3) is 4.04. The molecular formula is C33H32N4O2. The fourth-order valence-corrected chi connectivity index (χ4v) is 5.84. The summed E-state index contributed by atoms with van der Waals surface area (Å²) >= 11 is 0. The number of hydrogen-bond donors (Lipinski definition) is 3. The molecule has 39 heavy (non-hydrogen) atoms. The van der Waals surface area contributed by atoms with Gasteiger partial charge in [-0.1, -0.05) is 63.2 Å². The third-order valence-corrected chi connectivity index (χ3v) is 7.89. The summed E-state index contributed by atoms with van der Waals surface area (Å²) in [4.78, 5) is 30.7. The maximum Gasteiger partial charge on any atom is 0.258 e. The van der Waals surface area contributed by atoms with Crippen LogP contribution in [0.25, 0.3) is 32.9 Å². The number of carbonyl (C=O) groups excluding carboxylic acids is 2. The summed E-state index contributed by atoms with van der Waals surface area (Å²) in [5.74, 6) is -0.364. The fourth-order valence-electron chi connectivity index (χ4n) is 5.84. The molecule has 1 aromatic heterocycles. The van der Waals surface area contributed by atoms with Crippen LogP contribution in [0, 0.1) is 6.92 Å². The SMILES string of the molecule is Cc1c(-c2ccc(CC(N)=O)c3[nH]c4cc(N)ccc4c23)cccc1N1Cc2cc(C(C)(C)C)ccc2C1=O. The molecule has 0 aliphatic carbocycles. The first-order valence-electron chi connectivity index (χ1n) is 13.2. The van der Waals surface area contributed by atoms with E-state index in [2.05, 4.69) is 50.9 Å². The molecule has 4 aromatic carbocycles. The molecule has 6 heteroatoms. The van der Waals surface area contributed by atoms with Crippen molar-refractivity contribution in [1.82, 2.24) is 4.98 Å². The van der Waals surface area contributed by atoms with Gasteiger partial charge in [-0.25, -0.2) is 0 Å². The fraction of sp³-hybridized carbons (Fsp3) is 0.212. The largest absolute Gasteiger partial charge is 0.399 e. The standard InChI is InChI=1S/C33H32N4O2/c1-18-23(6-5-7-28(18)37-17-20-14-21(33(2,3)4)9-12-24(20)32(37)39)25-11-8-19(15-29(35)38)31-30(25)26-13-10-22(34)16-27(26)36-31/h5-14,16,36H,15,17,34H2,1-4H3,(H2,35,38). The Kier molecular flexibility index (Phi) is 5.54. The molecule has 1 aliphatic rings. The molecular weight excluding hydrogens is 484 g/mol. The molecule has 5 N–H and O–H groups in total. The van der Waals surface area contributed by atoms with E-state index in [0.717, 1.165) is 60.9 Å². The number of nitrogen functional groups attached to an aromatic ring is 1. The molecule has 0 spiro atoms. The van der Waals surface area contributed by atoms with Gasteiger partial charge in [-0.3, -0.25) is 9.59 Å². The summed E-state index contributed by atoms with van der Waals surface area (Å²) < 4.78 is 0. The number of nitrogens with one attached hydrogen (secondary N) is 1. The Hall–Kier alpha value is -4.58. The minimum absolute atomic E-state index is 0.0113. The van der Waals surface area contributed by atoms with Crippen molar-refractivity contribution in [1.29, 1.82) is 0 Å². The second-order valence-corrected chi connectivity index (χ2v) is 11.6. The van der Waals surface area contributed by atoms with E-state index in [9.17, 15) is 9.59 Å². The van der Waals surface area contributed by atoms with Crippen molar-refractivity contribution in [3.63, 3.8) is 0 Å². The van der Waals surface area contributed by atoms with Crippen LogP contribution >= 0.6 is 0 Å². The number of anilines is 2. The summed E-state index contributed by atoms with van der Waals surface area (Å²) in [6.07, 6.45) is 0.134. The Labute approximate surface area is 227 Å². The zero-order valence-corrected chi connectivity index (χ0v) is 22.7. The van der Waals surface area contributed by atoms with Crippen molar-refractivity contribution in [3.8, 4) is 11.1 Å². The van der Waals surface area contributed by atoms with Gasteiger partial charge in [-0.15, -0.1) is 0 Å². The zero-order chi connectivity index (χ0) is 27.6. The van der Waals surface area contributed by atoms with Crippen LogP contribution < -0.4 is 16.4 Å². The first kappa shape index (κ1) is 24.7. The minimum Gasteiger partial charge on any atom is -0.399 e. The Bertz CT molecular complexity index is 1820. The van der Waals surface area contributed by atoms with Gasteiger partial charge in [0.05, 0.1) is 18.5 Å². The van der Waals surface area contributed by atoms with Crippen molar-refractivity contribution >= 4 is 45.0 Å². The van der Waals surface area contributed by atoms with Crippen molar-refractivity contribution in [2.75, 3.05) is 10.6 Å². The molecule has 6 rings (SSSR count). The quantitative estimate of drug-likeness (QED) is 0.242. The molecule has 5 aromatic rings. The molecule has 0 radical (unpaired) electrons. The van der Waals surface area contributed by atoms with E-state index in [1.165, 1.54) is 5.56 Å². The second-order valence-electron chi connectivity index (χ2n) is 11.6. The smallest absolute Gasteiger partial charge is 0.258 e. The van der Waals surface area contributed by atoms with E-state index in [-0.39, 0.29) is 23.7 Å². The summed E-state index contributed by atoms with van der Waals surface area (Å²) in [7, 11) is 0. The first-order valence-corrected chi connectivity index (χ1v) is 13.2. The maximum atomic E-state index is 13.5. The number of nitrogens with zero attached hydrogens (tertiary/aromatic N) is 1. The van der Waals surface area contributed by atoms with Gasteiger partial charge < -0.3 is 21.4 Å². The van der Waals surface area contributed by atoms with E-state index in [1.54, 1.807) is 0 Å². The predicted molar refractivity (Wildman–Crippen MR) is 159 cm³/mol. The number of hydrogen-bond acceptors (Lipinski definition) is 3. The molecule has 0 bridgehead atoms. The second kappa shape index (κ2) is 8.73. The molecule has 2 amide bonds. The van der Waals surface area contributed by atoms with Crippen LogP contribution in [0.15, 0.2) is 66.7 Å². The predicted octanol–water partition coefficient (Wildman–Crippen LogP) is 6.36. The van der Waals surface area contributed by atoms with Gasteiger partial charge >= 0.3 is 0 Å². The van der Waals surface area contributed by atoms with Crippen LogP contribution in [0.3, 0.4) is 0 Å². The number of rotatable bonds is 4. The number of primary amides is 1. The van der Waals surface area contributed by atoms with Gasteiger partial charge in [0.2, 0.25) is 5.91 Å². The highest BCUT2D eigenvalue weighted by atomic mass is 16.2. The van der Waals surface area contributed by atoms with Crippen LogP contribution in [0.2, 0.25) is 0 Å². The number of H-pyrrole nitrogens is 1. The van der Waals surface area contributed by atoms with Gasteiger partial charge in [-0.05, 0) is 70.0 Å². The number of amides is 2. The van der Waals surface area contributed by atoms with Gasteiger partial charge in [0.1, 0.15) is 0 Å². The third-order valence-electron chi connectivity index (χ3n) is 7.89. The summed E-state index contributed by atoms with van der Waals surface area (Å²) in [6, 6.07) is 22.1. The number of aromatic amines is 1. The van der Waals surface area contributed by atoms with Crippen LogP contribution in [0.1, 0.15) is 53.4 Å². The lowest BCUT2D eigenvalue weighted by Gasteiger charge is -2.21. The van der Waals surface area contributed by atoms with Crippen molar-refractivity contribution in [2.24, 2.45) is 5.73 Å². The van der Waals surface area contributed by atoms with Crippen LogP contribution in [0.5, 0.6) is 0 Å².